The summed E-state index contributed by atoms with van der Waals surface area (Å²) in [7, 11) is 0. The molecule has 0 bridgehead atoms. The zero-order chi connectivity index (χ0) is 30.4. The maximum absolute atomic E-state index is 10.3. The van der Waals surface area contributed by atoms with Crippen LogP contribution in [0.5, 0.6) is 0 Å². The average molecular weight is 619 g/mol. The number of carboxylic acid groups (broad SMARTS) is 1. The van der Waals surface area contributed by atoms with Crippen molar-refractivity contribution in [2.24, 2.45) is 0 Å². The molecule has 0 aliphatic heterocycles. The average Bonchev–Trinajstić information content (AvgIpc) is 2.98. The van der Waals surface area contributed by atoms with E-state index in [2.05, 4.69) is 0 Å². The number of aliphatic hydroxyl groups excluding tert-OH is 1. The smallest absolute Gasteiger partial charge is 0.305 e. The lowest BCUT2D eigenvalue weighted by atomic mass is 10.5. The maximum atomic E-state index is 10.3. The van der Waals surface area contributed by atoms with E-state index in [0.29, 0.717) is 152 Å². The zero-order valence-electron chi connectivity index (χ0n) is 25.1. The Bertz CT molecular complexity index is 516. The van der Waals surface area contributed by atoms with Crippen molar-refractivity contribution in [3.05, 3.63) is 0 Å². The van der Waals surface area contributed by atoms with Gasteiger partial charge in [0.15, 0.2) is 0 Å². The van der Waals surface area contributed by atoms with Crippen LogP contribution in [0.15, 0.2) is 0 Å². The first-order valence-electron chi connectivity index (χ1n) is 14.5. The summed E-state index contributed by atoms with van der Waals surface area (Å²) in [5.41, 5.74) is 0. The SMILES string of the molecule is O=C(O)CCOCCOCCOCCOCCOCCOCCOCCOCCOCCOCCOCCOCCO. The Morgan fingerprint density at radius 3 is 0.643 bits per heavy atom. The van der Waals surface area contributed by atoms with Crippen molar-refractivity contribution in [1.82, 2.24) is 0 Å². The van der Waals surface area contributed by atoms with Gasteiger partial charge in [0.25, 0.3) is 0 Å². The van der Waals surface area contributed by atoms with E-state index in [9.17, 15) is 4.79 Å². The molecule has 0 amide bonds. The minimum Gasteiger partial charge on any atom is -0.481 e. The van der Waals surface area contributed by atoms with Gasteiger partial charge >= 0.3 is 5.97 Å². The Hall–Kier alpha value is -1.05. The van der Waals surface area contributed by atoms with Crippen molar-refractivity contribution < 1.29 is 71.8 Å². The molecular weight excluding hydrogens is 564 g/mol. The molecule has 0 unspecified atom stereocenters. The van der Waals surface area contributed by atoms with Gasteiger partial charge in [0.05, 0.1) is 172 Å². The minimum absolute atomic E-state index is 0.00351. The van der Waals surface area contributed by atoms with E-state index in [0.717, 1.165) is 0 Å². The van der Waals surface area contributed by atoms with Gasteiger partial charge in [0.2, 0.25) is 0 Å². The summed E-state index contributed by atoms with van der Waals surface area (Å²) in [6.45, 7) is 11.0. The molecule has 0 fully saturated rings. The minimum atomic E-state index is -0.876. The van der Waals surface area contributed by atoms with Gasteiger partial charge in [-0.1, -0.05) is 0 Å². The first-order chi connectivity index (χ1) is 20.8. The van der Waals surface area contributed by atoms with Crippen LogP contribution in [-0.2, 0) is 61.6 Å². The molecule has 0 aliphatic rings. The predicted molar refractivity (Wildman–Crippen MR) is 149 cm³/mol. The van der Waals surface area contributed by atoms with E-state index >= 15 is 0 Å². The first-order valence-corrected chi connectivity index (χ1v) is 14.5. The van der Waals surface area contributed by atoms with E-state index in [1.807, 2.05) is 0 Å². The van der Waals surface area contributed by atoms with Crippen LogP contribution in [0.4, 0.5) is 0 Å². The number of ether oxygens (including phenoxy) is 12. The Labute approximate surface area is 249 Å². The molecule has 0 saturated heterocycles. The number of aliphatic carboxylic acids is 1. The maximum Gasteiger partial charge on any atom is 0.305 e. The van der Waals surface area contributed by atoms with Crippen molar-refractivity contribution in [2.45, 2.75) is 6.42 Å². The molecule has 0 aromatic carbocycles. The summed E-state index contributed by atoms with van der Waals surface area (Å²) in [4.78, 5) is 10.3. The van der Waals surface area contributed by atoms with Crippen molar-refractivity contribution in [2.75, 3.05) is 165 Å². The summed E-state index contributed by atoms with van der Waals surface area (Å²) in [5, 5.41) is 17.0. The van der Waals surface area contributed by atoms with Gasteiger partial charge in [-0.3, -0.25) is 4.79 Å². The molecule has 0 atom stereocenters. The Morgan fingerprint density at radius 2 is 0.476 bits per heavy atom. The Kier molecular flexibility index (Phi) is 37.0. The van der Waals surface area contributed by atoms with E-state index in [4.69, 9.17) is 67.1 Å². The van der Waals surface area contributed by atoms with Crippen molar-refractivity contribution >= 4 is 5.97 Å². The van der Waals surface area contributed by atoms with E-state index in [1.54, 1.807) is 0 Å². The molecule has 0 rings (SSSR count). The predicted octanol–water partition coefficient (Wildman–Crippen LogP) is -0.347. The molecule has 2 N–H and O–H groups in total. The largest absolute Gasteiger partial charge is 0.481 e. The molecule has 42 heavy (non-hydrogen) atoms. The second-order valence-electron chi connectivity index (χ2n) is 8.22. The molecule has 252 valence electrons. The number of hydrogen-bond acceptors (Lipinski definition) is 14. The molecule has 0 radical (unpaired) electrons. The van der Waals surface area contributed by atoms with Gasteiger partial charge in [-0.25, -0.2) is 0 Å². The fourth-order valence-corrected chi connectivity index (χ4v) is 2.75. The molecule has 15 heteroatoms. The van der Waals surface area contributed by atoms with E-state index in [1.165, 1.54) is 0 Å². The highest BCUT2D eigenvalue weighted by Gasteiger charge is 1.98. The second kappa shape index (κ2) is 38.0. The van der Waals surface area contributed by atoms with Crippen molar-refractivity contribution in [3.63, 3.8) is 0 Å². The highest BCUT2D eigenvalue weighted by atomic mass is 16.6. The summed E-state index contributed by atoms with van der Waals surface area (Å²) in [6.07, 6.45) is -0.00351. The third kappa shape index (κ3) is 39.0. The molecule has 15 nitrogen and oxygen atoms in total. The molecule has 0 heterocycles. The van der Waals surface area contributed by atoms with E-state index in [-0.39, 0.29) is 19.6 Å². The number of aliphatic hydroxyl groups is 1. The monoisotopic (exact) mass is 618 g/mol. The quantitative estimate of drug-likeness (QED) is 0.0861. The van der Waals surface area contributed by atoms with Crippen LogP contribution in [0, 0.1) is 0 Å². The number of rotatable bonds is 38. The lowest BCUT2D eigenvalue weighted by Gasteiger charge is -2.09. The standard InChI is InChI=1S/C27H54O15/c28-2-4-32-6-8-34-10-12-36-14-16-38-18-20-40-22-24-42-26-25-41-23-21-39-19-17-37-15-13-35-11-9-33-7-5-31-3-1-27(29)30/h28H,1-26H2,(H,29,30). The van der Waals surface area contributed by atoms with Gasteiger partial charge in [-0.05, 0) is 0 Å². The van der Waals surface area contributed by atoms with Gasteiger partial charge in [-0.15, -0.1) is 0 Å². The fraction of sp³-hybridized carbons (Fsp3) is 0.963. The third-order valence-electron chi connectivity index (χ3n) is 4.79. The van der Waals surface area contributed by atoms with Crippen LogP contribution < -0.4 is 0 Å². The number of hydrogen-bond donors (Lipinski definition) is 2. The third-order valence-corrected chi connectivity index (χ3v) is 4.79. The molecular formula is C27H54O15. The van der Waals surface area contributed by atoms with Gasteiger partial charge < -0.3 is 67.1 Å². The lowest BCUT2D eigenvalue weighted by Crippen LogP contribution is -2.15. The van der Waals surface area contributed by atoms with E-state index < -0.39 is 5.97 Å². The fourth-order valence-electron chi connectivity index (χ4n) is 2.75. The van der Waals surface area contributed by atoms with Crippen LogP contribution in [0.25, 0.3) is 0 Å². The topological polar surface area (TPSA) is 168 Å². The second-order valence-corrected chi connectivity index (χ2v) is 8.22. The summed E-state index contributed by atoms with van der Waals surface area (Å²) >= 11 is 0. The molecule has 0 aromatic rings. The van der Waals surface area contributed by atoms with Gasteiger partial charge in [0.1, 0.15) is 0 Å². The highest BCUT2D eigenvalue weighted by Crippen LogP contribution is 1.88. The normalized spacial score (nSPS) is 11.5. The first kappa shape index (κ1) is 41.0. The van der Waals surface area contributed by atoms with Crippen molar-refractivity contribution in [1.29, 1.82) is 0 Å². The van der Waals surface area contributed by atoms with Gasteiger partial charge in [-0.2, -0.15) is 0 Å². The lowest BCUT2D eigenvalue weighted by molar-refractivity contribution is -0.138. The van der Waals surface area contributed by atoms with Crippen LogP contribution in [0.2, 0.25) is 0 Å². The molecule has 0 spiro atoms. The Morgan fingerprint density at radius 1 is 0.310 bits per heavy atom. The summed E-state index contributed by atoms with van der Waals surface area (Å²) in [5.74, 6) is -0.876. The number of carboxylic acids is 1. The number of carbonyl (C=O) groups is 1. The summed E-state index contributed by atoms with van der Waals surface area (Å²) in [6, 6.07) is 0. The van der Waals surface area contributed by atoms with Crippen LogP contribution in [0.3, 0.4) is 0 Å². The van der Waals surface area contributed by atoms with Crippen LogP contribution in [-0.4, -0.2) is 181 Å². The summed E-state index contributed by atoms with van der Waals surface area (Å²) < 4.78 is 64.2. The molecule has 0 saturated carbocycles. The van der Waals surface area contributed by atoms with Gasteiger partial charge in [0, 0.05) is 0 Å². The molecule has 0 aromatic heterocycles. The molecule has 0 aliphatic carbocycles. The van der Waals surface area contributed by atoms with Crippen molar-refractivity contribution in [3.8, 4) is 0 Å². The highest BCUT2D eigenvalue weighted by molar-refractivity contribution is 5.66. The van der Waals surface area contributed by atoms with Crippen LogP contribution >= 0.6 is 0 Å². The van der Waals surface area contributed by atoms with Crippen LogP contribution in [0.1, 0.15) is 6.42 Å². The zero-order valence-corrected chi connectivity index (χ0v) is 25.1. The Balaban J connectivity index is 3.03.